The maximum Gasteiger partial charge on any atom is 0.317 e. The Hall–Kier alpha value is -1.97. The molecule has 0 radical (unpaired) electrons. The monoisotopic (exact) mass is 299 g/mol. The van der Waals surface area contributed by atoms with Crippen molar-refractivity contribution in [3.8, 4) is 0 Å². The molecular weight excluding hydrogens is 274 g/mol. The van der Waals surface area contributed by atoms with Crippen LogP contribution in [0.1, 0.15) is 37.7 Å². The first-order valence-electron chi connectivity index (χ1n) is 8.31. The van der Waals surface area contributed by atoms with Crippen LogP contribution in [0.3, 0.4) is 0 Å². The fourth-order valence-corrected chi connectivity index (χ4v) is 3.40. The number of hydrogen-bond donors (Lipinski definition) is 2. The molecule has 1 aliphatic carbocycles. The van der Waals surface area contributed by atoms with E-state index in [-0.39, 0.29) is 6.03 Å². The van der Waals surface area contributed by atoms with Gasteiger partial charge < -0.3 is 15.2 Å². The Balaban J connectivity index is 1.51. The Bertz CT molecular complexity index is 628. The van der Waals surface area contributed by atoms with Gasteiger partial charge in [0.25, 0.3) is 0 Å². The van der Waals surface area contributed by atoms with E-state index >= 15 is 0 Å². The van der Waals surface area contributed by atoms with E-state index in [0.717, 1.165) is 24.8 Å². The third kappa shape index (κ3) is 3.26. The molecule has 4 nitrogen and oxygen atoms in total. The predicted octanol–water partition coefficient (Wildman–Crippen LogP) is 3.68. The first-order chi connectivity index (χ1) is 10.8. The summed E-state index contributed by atoms with van der Waals surface area (Å²) in [7, 11) is 1.93. The van der Waals surface area contributed by atoms with Crippen LogP contribution in [0, 0.1) is 0 Å². The highest BCUT2D eigenvalue weighted by Crippen LogP contribution is 2.21. The van der Waals surface area contributed by atoms with Crippen molar-refractivity contribution in [2.24, 2.45) is 0 Å². The minimum atomic E-state index is 0.0618. The van der Waals surface area contributed by atoms with E-state index in [1.54, 1.807) is 0 Å². The zero-order chi connectivity index (χ0) is 15.4. The normalized spacial score (nSPS) is 15.9. The van der Waals surface area contributed by atoms with Gasteiger partial charge in [-0.25, -0.2) is 4.79 Å². The van der Waals surface area contributed by atoms with Crippen LogP contribution in [0.25, 0.3) is 10.9 Å². The Morgan fingerprint density at radius 3 is 2.86 bits per heavy atom. The zero-order valence-corrected chi connectivity index (χ0v) is 13.3. The molecule has 4 heteroatoms. The van der Waals surface area contributed by atoms with Crippen molar-refractivity contribution < 1.29 is 4.79 Å². The number of carbonyl (C=O) groups excluding carboxylic acids is 1. The first-order valence-corrected chi connectivity index (χ1v) is 8.31. The number of amides is 2. The summed E-state index contributed by atoms with van der Waals surface area (Å²) in [4.78, 5) is 17.4. The van der Waals surface area contributed by atoms with Crippen molar-refractivity contribution in [2.45, 2.75) is 44.6 Å². The standard InChI is InChI=1S/C18H25N3O/c1-21(15-7-3-2-4-8-15)18(22)19-12-11-14-13-20-17-10-6-5-9-16(14)17/h5-6,9-10,13,15,20H,2-4,7-8,11-12H2,1H3,(H,19,22). The van der Waals surface area contributed by atoms with Gasteiger partial charge in [0, 0.05) is 36.7 Å². The van der Waals surface area contributed by atoms with Crippen molar-refractivity contribution >= 4 is 16.9 Å². The van der Waals surface area contributed by atoms with Gasteiger partial charge in [-0.1, -0.05) is 37.5 Å². The lowest BCUT2D eigenvalue weighted by Crippen LogP contribution is -2.44. The van der Waals surface area contributed by atoms with E-state index < -0.39 is 0 Å². The summed E-state index contributed by atoms with van der Waals surface area (Å²) in [5.74, 6) is 0. The average molecular weight is 299 g/mol. The van der Waals surface area contributed by atoms with Crippen molar-refractivity contribution in [1.29, 1.82) is 0 Å². The van der Waals surface area contributed by atoms with Crippen LogP contribution >= 0.6 is 0 Å². The lowest BCUT2D eigenvalue weighted by Gasteiger charge is -2.31. The highest BCUT2D eigenvalue weighted by molar-refractivity contribution is 5.83. The number of nitrogens with zero attached hydrogens (tertiary/aromatic N) is 1. The summed E-state index contributed by atoms with van der Waals surface area (Å²) in [6.07, 6.45) is 9.00. The smallest absolute Gasteiger partial charge is 0.317 e. The molecule has 1 saturated carbocycles. The van der Waals surface area contributed by atoms with E-state index in [0.29, 0.717) is 12.6 Å². The molecule has 0 bridgehead atoms. The number of carbonyl (C=O) groups is 1. The van der Waals surface area contributed by atoms with Crippen molar-refractivity contribution in [2.75, 3.05) is 13.6 Å². The summed E-state index contributed by atoms with van der Waals surface area (Å²) in [6.45, 7) is 0.678. The number of aromatic amines is 1. The van der Waals surface area contributed by atoms with Gasteiger partial charge in [-0.05, 0) is 30.9 Å². The number of benzene rings is 1. The summed E-state index contributed by atoms with van der Waals surface area (Å²) in [5, 5.41) is 4.30. The Morgan fingerprint density at radius 2 is 2.05 bits per heavy atom. The number of fused-ring (bicyclic) bond motifs is 1. The third-order valence-electron chi connectivity index (χ3n) is 4.79. The topological polar surface area (TPSA) is 48.1 Å². The largest absolute Gasteiger partial charge is 0.361 e. The lowest BCUT2D eigenvalue weighted by molar-refractivity contribution is 0.174. The van der Waals surface area contributed by atoms with Crippen LogP contribution in [-0.2, 0) is 6.42 Å². The van der Waals surface area contributed by atoms with Crippen molar-refractivity contribution in [3.63, 3.8) is 0 Å². The fourth-order valence-electron chi connectivity index (χ4n) is 3.40. The highest BCUT2D eigenvalue weighted by atomic mass is 16.2. The van der Waals surface area contributed by atoms with Crippen LogP contribution in [-0.4, -0.2) is 35.5 Å². The SMILES string of the molecule is CN(C(=O)NCCc1c[nH]c2ccccc12)C1CCCCC1. The number of hydrogen-bond acceptors (Lipinski definition) is 1. The summed E-state index contributed by atoms with van der Waals surface area (Å²) in [6, 6.07) is 8.76. The van der Waals surface area contributed by atoms with Gasteiger partial charge in [-0.3, -0.25) is 0 Å². The molecule has 1 aromatic carbocycles. The maximum absolute atomic E-state index is 12.2. The van der Waals surface area contributed by atoms with Crippen molar-refractivity contribution in [3.05, 3.63) is 36.0 Å². The van der Waals surface area contributed by atoms with Crippen LogP contribution in [0.2, 0.25) is 0 Å². The van der Waals surface area contributed by atoms with E-state index in [9.17, 15) is 4.79 Å². The number of para-hydroxylation sites is 1. The number of nitrogens with one attached hydrogen (secondary N) is 2. The molecule has 1 heterocycles. The zero-order valence-electron chi connectivity index (χ0n) is 13.3. The molecule has 1 aromatic heterocycles. The Labute approximate surface area is 131 Å². The molecule has 1 aliphatic rings. The molecule has 1 fully saturated rings. The molecule has 2 N–H and O–H groups in total. The molecule has 0 unspecified atom stereocenters. The molecule has 0 atom stereocenters. The predicted molar refractivity (Wildman–Crippen MR) is 90.0 cm³/mol. The Morgan fingerprint density at radius 1 is 1.27 bits per heavy atom. The molecule has 2 amide bonds. The quantitative estimate of drug-likeness (QED) is 0.889. The van der Waals surface area contributed by atoms with Crippen LogP contribution in [0.4, 0.5) is 4.79 Å². The van der Waals surface area contributed by atoms with E-state index in [4.69, 9.17) is 0 Å². The van der Waals surface area contributed by atoms with Crippen LogP contribution in [0.15, 0.2) is 30.5 Å². The summed E-state index contributed by atoms with van der Waals surface area (Å²) >= 11 is 0. The van der Waals surface area contributed by atoms with E-state index in [1.807, 2.05) is 24.2 Å². The van der Waals surface area contributed by atoms with Gasteiger partial charge in [0.15, 0.2) is 0 Å². The average Bonchev–Trinajstić information content (AvgIpc) is 2.98. The summed E-state index contributed by atoms with van der Waals surface area (Å²) in [5.41, 5.74) is 2.42. The second-order valence-electron chi connectivity index (χ2n) is 6.24. The highest BCUT2D eigenvalue weighted by Gasteiger charge is 2.21. The molecule has 22 heavy (non-hydrogen) atoms. The minimum absolute atomic E-state index is 0.0618. The molecule has 0 aliphatic heterocycles. The van der Waals surface area contributed by atoms with Crippen LogP contribution in [0.5, 0.6) is 0 Å². The second-order valence-corrected chi connectivity index (χ2v) is 6.24. The van der Waals surface area contributed by atoms with E-state index in [2.05, 4.69) is 28.5 Å². The van der Waals surface area contributed by atoms with E-state index in [1.165, 1.54) is 30.2 Å². The molecule has 3 rings (SSSR count). The molecule has 0 spiro atoms. The van der Waals surface area contributed by atoms with Gasteiger partial charge >= 0.3 is 6.03 Å². The van der Waals surface area contributed by atoms with Gasteiger partial charge in [0.1, 0.15) is 0 Å². The number of rotatable bonds is 4. The summed E-state index contributed by atoms with van der Waals surface area (Å²) < 4.78 is 0. The van der Waals surface area contributed by atoms with Gasteiger partial charge in [-0.2, -0.15) is 0 Å². The van der Waals surface area contributed by atoms with Gasteiger partial charge in [-0.15, -0.1) is 0 Å². The van der Waals surface area contributed by atoms with Crippen molar-refractivity contribution in [1.82, 2.24) is 15.2 Å². The fraction of sp³-hybridized carbons (Fsp3) is 0.500. The van der Waals surface area contributed by atoms with Gasteiger partial charge in [0.2, 0.25) is 0 Å². The Kier molecular flexibility index (Phi) is 4.66. The number of urea groups is 1. The molecular formula is C18H25N3O. The molecule has 0 saturated heterocycles. The van der Waals surface area contributed by atoms with Gasteiger partial charge in [0.05, 0.1) is 0 Å². The maximum atomic E-state index is 12.2. The first kappa shape index (κ1) is 14.9. The molecule has 2 aromatic rings. The number of aromatic nitrogens is 1. The lowest BCUT2D eigenvalue weighted by atomic mass is 9.95. The number of H-pyrrole nitrogens is 1. The minimum Gasteiger partial charge on any atom is -0.361 e. The third-order valence-corrected chi connectivity index (χ3v) is 4.79. The van der Waals surface area contributed by atoms with Crippen LogP contribution < -0.4 is 5.32 Å². The second kappa shape index (κ2) is 6.86. The molecule has 118 valence electrons.